The van der Waals surface area contributed by atoms with Gasteiger partial charge in [-0.3, -0.25) is 4.98 Å². The van der Waals surface area contributed by atoms with Gasteiger partial charge in [-0.25, -0.2) is 0 Å². The zero-order chi connectivity index (χ0) is 13.3. The van der Waals surface area contributed by atoms with E-state index in [1.165, 1.54) is 5.56 Å². The molecule has 0 amide bonds. The van der Waals surface area contributed by atoms with Gasteiger partial charge in [0.15, 0.2) is 0 Å². The van der Waals surface area contributed by atoms with Crippen LogP contribution in [0.4, 0.5) is 0 Å². The van der Waals surface area contributed by atoms with Gasteiger partial charge in [0.1, 0.15) is 0 Å². The predicted molar refractivity (Wildman–Crippen MR) is 84.3 cm³/mol. The lowest BCUT2D eigenvalue weighted by Crippen LogP contribution is -2.58. The second-order valence-electron chi connectivity index (χ2n) is 5.04. The van der Waals surface area contributed by atoms with Crippen molar-refractivity contribution in [2.24, 2.45) is 0 Å². The van der Waals surface area contributed by atoms with E-state index in [1.807, 2.05) is 6.20 Å². The Morgan fingerprint density at radius 2 is 1.95 bits per heavy atom. The molecule has 2 heterocycles. The molecule has 2 nitrogen and oxygen atoms in total. The van der Waals surface area contributed by atoms with Crippen molar-refractivity contribution >= 4 is 31.9 Å². The molecule has 1 aliphatic heterocycles. The zero-order valence-corrected chi connectivity index (χ0v) is 13.5. The number of nitrogens with one attached hydrogen (secondary N) is 1. The first-order chi connectivity index (χ1) is 9.18. The van der Waals surface area contributed by atoms with E-state index in [9.17, 15) is 0 Å². The molecule has 1 aromatic carbocycles. The maximum absolute atomic E-state index is 4.51. The number of hydrogen-bond acceptors (Lipinski definition) is 2. The highest BCUT2D eigenvalue weighted by molar-refractivity contribution is 9.10. The van der Waals surface area contributed by atoms with E-state index in [0.717, 1.165) is 34.1 Å². The third-order valence-corrected chi connectivity index (χ3v) is 4.63. The molecule has 3 rings (SSSR count). The van der Waals surface area contributed by atoms with Crippen molar-refractivity contribution in [2.45, 2.75) is 11.8 Å². The topological polar surface area (TPSA) is 24.9 Å². The molecule has 4 heteroatoms. The molecular weight excluding hydrogens is 368 g/mol. The number of aromatic nitrogens is 1. The van der Waals surface area contributed by atoms with Gasteiger partial charge in [-0.05, 0) is 45.8 Å². The molecule has 1 N–H and O–H groups in total. The van der Waals surface area contributed by atoms with E-state index in [2.05, 4.69) is 78.6 Å². The molecule has 98 valence electrons. The summed E-state index contributed by atoms with van der Waals surface area (Å²) in [6, 6.07) is 12.8. The molecule has 1 saturated heterocycles. The smallest absolute Gasteiger partial charge is 0.0414 e. The Labute approximate surface area is 129 Å². The van der Waals surface area contributed by atoms with Crippen LogP contribution < -0.4 is 5.32 Å². The number of hydrogen-bond donors (Lipinski definition) is 1. The van der Waals surface area contributed by atoms with Crippen LogP contribution in [-0.4, -0.2) is 18.1 Å². The van der Waals surface area contributed by atoms with Crippen molar-refractivity contribution in [1.82, 2.24) is 10.3 Å². The summed E-state index contributed by atoms with van der Waals surface area (Å²) in [7, 11) is 0. The minimum Gasteiger partial charge on any atom is -0.315 e. The van der Waals surface area contributed by atoms with Gasteiger partial charge in [0.05, 0.1) is 0 Å². The van der Waals surface area contributed by atoms with Crippen molar-refractivity contribution in [2.75, 3.05) is 13.1 Å². The maximum Gasteiger partial charge on any atom is 0.0414 e. The second-order valence-corrected chi connectivity index (χ2v) is 6.87. The molecule has 2 aromatic rings. The van der Waals surface area contributed by atoms with E-state index in [4.69, 9.17) is 0 Å². The van der Waals surface area contributed by atoms with Gasteiger partial charge >= 0.3 is 0 Å². The van der Waals surface area contributed by atoms with Gasteiger partial charge in [0.25, 0.3) is 0 Å². The minimum absolute atomic E-state index is 0.185. The summed E-state index contributed by atoms with van der Waals surface area (Å²) in [4.78, 5) is 4.51. The lowest BCUT2D eigenvalue weighted by molar-refractivity contribution is 0.272. The predicted octanol–water partition coefficient (Wildman–Crippen LogP) is 3.69. The van der Waals surface area contributed by atoms with Gasteiger partial charge in [0.2, 0.25) is 0 Å². The van der Waals surface area contributed by atoms with Crippen LogP contribution in [0, 0.1) is 0 Å². The highest BCUT2D eigenvalue weighted by Gasteiger charge is 2.39. The average molecular weight is 382 g/mol. The summed E-state index contributed by atoms with van der Waals surface area (Å²) in [6.07, 6.45) is 2.85. The molecule has 0 saturated carbocycles. The molecule has 1 aromatic heterocycles. The fourth-order valence-corrected chi connectivity index (χ4v) is 3.17. The minimum atomic E-state index is 0.185. The second kappa shape index (κ2) is 5.35. The third-order valence-electron chi connectivity index (χ3n) is 3.67. The van der Waals surface area contributed by atoms with Crippen LogP contribution in [0.5, 0.6) is 0 Å². The summed E-state index contributed by atoms with van der Waals surface area (Å²) in [5.74, 6) is 0. The molecule has 0 atom stereocenters. The van der Waals surface area contributed by atoms with E-state index in [0.29, 0.717) is 0 Å². The van der Waals surface area contributed by atoms with Crippen LogP contribution in [0.15, 0.2) is 51.5 Å². The highest BCUT2D eigenvalue weighted by atomic mass is 79.9. The monoisotopic (exact) mass is 380 g/mol. The van der Waals surface area contributed by atoms with Crippen molar-refractivity contribution in [3.63, 3.8) is 0 Å². The Morgan fingerprint density at radius 1 is 1.11 bits per heavy atom. The Bertz CT molecular complexity index is 577. The number of benzene rings is 1. The SMILES string of the molecule is Brc1ccc(CC2(c3cccc(Br)c3)CNC2)nc1. The maximum atomic E-state index is 4.51. The molecule has 0 spiro atoms. The van der Waals surface area contributed by atoms with Gasteiger partial charge in [-0.2, -0.15) is 0 Å². The van der Waals surface area contributed by atoms with Crippen LogP contribution in [0.25, 0.3) is 0 Å². The molecule has 1 aliphatic rings. The Balaban J connectivity index is 1.89. The third kappa shape index (κ3) is 2.76. The van der Waals surface area contributed by atoms with Crippen molar-refractivity contribution in [1.29, 1.82) is 0 Å². The van der Waals surface area contributed by atoms with Gasteiger partial charge in [0, 0.05) is 45.8 Å². The van der Waals surface area contributed by atoms with Crippen LogP contribution in [0.2, 0.25) is 0 Å². The highest BCUT2D eigenvalue weighted by Crippen LogP contribution is 2.33. The molecule has 0 aliphatic carbocycles. The molecule has 0 radical (unpaired) electrons. The van der Waals surface area contributed by atoms with E-state index >= 15 is 0 Å². The molecule has 0 unspecified atom stereocenters. The van der Waals surface area contributed by atoms with Crippen LogP contribution in [0.3, 0.4) is 0 Å². The lowest BCUT2D eigenvalue weighted by atomic mass is 9.72. The summed E-state index contributed by atoms with van der Waals surface area (Å²) >= 11 is 6.99. The molecule has 1 fully saturated rings. The van der Waals surface area contributed by atoms with E-state index in [-0.39, 0.29) is 5.41 Å². The fraction of sp³-hybridized carbons (Fsp3) is 0.267. The Hall–Kier alpha value is -0.710. The van der Waals surface area contributed by atoms with Crippen LogP contribution in [-0.2, 0) is 11.8 Å². The standard InChI is InChI=1S/C15H14Br2N2/c16-12-3-1-2-11(6-12)15(9-18-10-15)7-14-5-4-13(17)8-19-14/h1-6,8,18H,7,9-10H2. The summed E-state index contributed by atoms with van der Waals surface area (Å²) in [5, 5.41) is 3.40. The quantitative estimate of drug-likeness (QED) is 0.876. The van der Waals surface area contributed by atoms with Gasteiger partial charge < -0.3 is 5.32 Å². The summed E-state index contributed by atoms with van der Waals surface area (Å²) < 4.78 is 2.17. The number of rotatable bonds is 3. The van der Waals surface area contributed by atoms with Gasteiger partial charge in [-0.1, -0.05) is 28.1 Å². The largest absolute Gasteiger partial charge is 0.315 e. The summed E-state index contributed by atoms with van der Waals surface area (Å²) in [5.41, 5.74) is 2.71. The number of halogens is 2. The number of pyridine rings is 1. The fourth-order valence-electron chi connectivity index (χ4n) is 2.53. The van der Waals surface area contributed by atoms with Gasteiger partial charge in [-0.15, -0.1) is 0 Å². The Morgan fingerprint density at radius 3 is 2.53 bits per heavy atom. The van der Waals surface area contributed by atoms with Crippen molar-refractivity contribution in [3.8, 4) is 0 Å². The summed E-state index contributed by atoms with van der Waals surface area (Å²) in [6.45, 7) is 2.03. The first kappa shape index (κ1) is 13.3. The number of nitrogens with zero attached hydrogens (tertiary/aromatic N) is 1. The average Bonchev–Trinajstić information content (AvgIpc) is 2.36. The normalized spacial score (nSPS) is 16.9. The van der Waals surface area contributed by atoms with Crippen molar-refractivity contribution < 1.29 is 0 Å². The van der Waals surface area contributed by atoms with E-state index < -0.39 is 0 Å². The zero-order valence-electron chi connectivity index (χ0n) is 10.4. The van der Waals surface area contributed by atoms with Crippen molar-refractivity contribution in [3.05, 3.63) is 62.8 Å². The molecule has 0 bridgehead atoms. The Kier molecular flexibility index (Phi) is 3.74. The van der Waals surface area contributed by atoms with Crippen LogP contribution >= 0.6 is 31.9 Å². The van der Waals surface area contributed by atoms with E-state index in [1.54, 1.807) is 0 Å². The molecule has 19 heavy (non-hydrogen) atoms. The lowest BCUT2D eigenvalue weighted by Gasteiger charge is -2.43. The first-order valence-corrected chi connectivity index (χ1v) is 7.84. The van der Waals surface area contributed by atoms with Crippen LogP contribution in [0.1, 0.15) is 11.3 Å². The molecular formula is C15H14Br2N2. The first-order valence-electron chi connectivity index (χ1n) is 6.25.